The third-order valence-corrected chi connectivity index (χ3v) is 4.09. The lowest BCUT2D eigenvalue weighted by Crippen LogP contribution is -2.50. The van der Waals surface area contributed by atoms with Gasteiger partial charge < -0.3 is 15.4 Å². The molecule has 25 heavy (non-hydrogen) atoms. The van der Waals surface area contributed by atoms with E-state index in [1.54, 1.807) is 18.3 Å². The molecule has 2 heterocycles. The first kappa shape index (κ1) is 21.2. The second kappa shape index (κ2) is 10.2. The fraction of sp³-hybridized carbons (Fsp3) is 0.333. The van der Waals surface area contributed by atoms with Gasteiger partial charge in [-0.1, -0.05) is 25.1 Å². The van der Waals surface area contributed by atoms with E-state index in [0.29, 0.717) is 17.4 Å². The van der Waals surface area contributed by atoms with E-state index >= 15 is 0 Å². The normalized spacial score (nSPS) is 19.1. The zero-order valence-electron chi connectivity index (χ0n) is 14.0. The van der Waals surface area contributed by atoms with E-state index in [4.69, 9.17) is 4.74 Å². The van der Waals surface area contributed by atoms with Crippen molar-refractivity contribution in [2.45, 2.75) is 19.4 Å². The number of rotatable bonds is 4. The minimum absolute atomic E-state index is 0. The van der Waals surface area contributed by atoms with Gasteiger partial charge >= 0.3 is 0 Å². The Hall–Kier alpha value is -1.82. The molecule has 1 saturated heterocycles. The van der Waals surface area contributed by atoms with Crippen molar-refractivity contribution >= 4 is 30.7 Å². The van der Waals surface area contributed by atoms with Gasteiger partial charge in [-0.25, -0.2) is 0 Å². The lowest BCUT2D eigenvalue weighted by molar-refractivity contribution is 0.0910. The second-order valence-corrected chi connectivity index (χ2v) is 5.84. The fourth-order valence-corrected chi connectivity index (χ4v) is 2.65. The summed E-state index contributed by atoms with van der Waals surface area (Å²) in [4.78, 5) is 16.6. The van der Waals surface area contributed by atoms with E-state index in [2.05, 4.69) is 22.5 Å². The number of halogens is 2. The molecule has 1 aromatic heterocycles. The van der Waals surface area contributed by atoms with Crippen molar-refractivity contribution in [3.8, 4) is 11.5 Å². The molecule has 5 nitrogen and oxygen atoms in total. The molecule has 1 aliphatic heterocycles. The lowest BCUT2D eigenvalue weighted by Gasteiger charge is -2.30. The van der Waals surface area contributed by atoms with Crippen molar-refractivity contribution in [2.75, 3.05) is 13.1 Å². The van der Waals surface area contributed by atoms with Crippen LogP contribution in [0.15, 0.2) is 48.7 Å². The Bertz CT molecular complexity index is 670. The number of carbonyl (C=O) groups excluding carboxylic acids is 1. The Kier molecular flexibility index (Phi) is 8.69. The van der Waals surface area contributed by atoms with Crippen molar-refractivity contribution in [1.82, 2.24) is 15.6 Å². The molecule has 2 atom stereocenters. The summed E-state index contributed by atoms with van der Waals surface area (Å²) in [6.07, 6.45) is 2.66. The van der Waals surface area contributed by atoms with E-state index < -0.39 is 0 Å². The predicted molar refractivity (Wildman–Crippen MR) is 103 cm³/mol. The minimum Gasteiger partial charge on any atom is -0.457 e. The summed E-state index contributed by atoms with van der Waals surface area (Å²) in [5.41, 5.74) is 0.371. The summed E-state index contributed by atoms with van der Waals surface area (Å²) in [5.74, 6) is 1.63. The summed E-state index contributed by atoms with van der Waals surface area (Å²) in [6, 6.07) is 13.0. The topological polar surface area (TPSA) is 63.2 Å². The molecule has 2 unspecified atom stereocenters. The van der Waals surface area contributed by atoms with Gasteiger partial charge in [0.25, 0.3) is 5.91 Å². The highest BCUT2D eigenvalue weighted by atomic mass is 35.5. The average Bonchev–Trinajstić information content (AvgIpc) is 2.58. The van der Waals surface area contributed by atoms with Crippen LogP contribution in [0.1, 0.15) is 23.8 Å². The highest BCUT2D eigenvalue weighted by Crippen LogP contribution is 2.21. The summed E-state index contributed by atoms with van der Waals surface area (Å²) in [6.45, 7) is 3.97. The Balaban J connectivity index is 0.00000156. The highest BCUT2D eigenvalue weighted by molar-refractivity contribution is 5.92. The Morgan fingerprint density at radius 3 is 2.68 bits per heavy atom. The first-order chi connectivity index (χ1) is 11.2. The molecule has 1 aliphatic rings. The van der Waals surface area contributed by atoms with Gasteiger partial charge in [0, 0.05) is 24.8 Å². The number of pyridine rings is 1. The Labute approximate surface area is 160 Å². The van der Waals surface area contributed by atoms with Gasteiger partial charge in [0.05, 0.1) is 0 Å². The molecular formula is C18H23Cl2N3O2. The molecule has 0 spiro atoms. The molecule has 7 heteroatoms. The Morgan fingerprint density at radius 2 is 1.96 bits per heavy atom. The molecule has 0 radical (unpaired) electrons. The van der Waals surface area contributed by atoms with E-state index in [9.17, 15) is 4.79 Å². The van der Waals surface area contributed by atoms with Crippen LogP contribution in [0, 0.1) is 5.92 Å². The standard InChI is InChI=1S/C18H21N3O2.2ClH/c1-13-7-9-19-12-17(13)21-18(22)16-11-15(8-10-20-16)23-14-5-3-2-4-6-14;;/h2-6,8,10-11,13,17,19H,7,9,12H2,1H3,(H,21,22);2*1H. The lowest BCUT2D eigenvalue weighted by atomic mass is 9.95. The largest absolute Gasteiger partial charge is 0.457 e. The molecule has 1 fully saturated rings. The van der Waals surface area contributed by atoms with E-state index in [1.807, 2.05) is 30.3 Å². The number of nitrogens with one attached hydrogen (secondary N) is 2. The zero-order valence-corrected chi connectivity index (χ0v) is 15.6. The summed E-state index contributed by atoms with van der Waals surface area (Å²) >= 11 is 0. The molecular weight excluding hydrogens is 361 g/mol. The summed E-state index contributed by atoms with van der Waals surface area (Å²) < 4.78 is 5.75. The molecule has 1 amide bonds. The van der Waals surface area contributed by atoms with Gasteiger partial charge in [-0.15, -0.1) is 24.8 Å². The summed E-state index contributed by atoms with van der Waals surface area (Å²) in [7, 11) is 0. The third-order valence-electron chi connectivity index (χ3n) is 4.09. The molecule has 0 saturated carbocycles. The number of benzene rings is 1. The molecule has 2 aromatic rings. The van der Waals surface area contributed by atoms with E-state index in [-0.39, 0.29) is 36.8 Å². The van der Waals surface area contributed by atoms with Crippen LogP contribution in [0.25, 0.3) is 0 Å². The highest BCUT2D eigenvalue weighted by Gasteiger charge is 2.23. The molecule has 1 aromatic carbocycles. The summed E-state index contributed by atoms with van der Waals surface area (Å²) in [5, 5.41) is 6.36. The van der Waals surface area contributed by atoms with Crippen LogP contribution < -0.4 is 15.4 Å². The smallest absolute Gasteiger partial charge is 0.270 e. The maximum atomic E-state index is 12.4. The number of amides is 1. The van der Waals surface area contributed by atoms with Gasteiger partial charge in [-0.3, -0.25) is 9.78 Å². The number of piperidine rings is 1. The van der Waals surface area contributed by atoms with Crippen molar-refractivity contribution < 1.29 is 9.53 Å². The maximum Gasteiger partial charge on any atom is 0.270 e. The second-order valence-electron chi connectivity index (χ2n) is 5.84. The van der Waals surface area contributed by atoms with Crippen LogP contribution in [0.2, 0.25) is 0 Å². The van der Waals surface area contributed by atoms with Gasteiger partial charge in [-0.2, -0.15) is 0 Å². The van der Waals surface area contributed by atoms with Gasteiger partial charge in [0.1, 0.15) is 17.2 Å². The average molecular weight is 384 g/mol. The van der Waals surface area contributed by atoms with Crippen molar-refractivity contribution in [1.29, 1.82) is 0 Å². The first-order valence-corrected chi connectivity index (χ1v) is 7.93. The predicted octanol–water partition coefficient (Wildman–Crippen LogP) is 3.45. The minimum atomic E-state index is -0.163. The Morgan fingerprint density at radius 1 is 1.20 bits per heavy atom. The molecule has 3 rings (SSSR count). The van der Waals surface area contributed by atoms with E-state index in [0.717, 1.165) is 25.3 Å². The van der Waals surface area contributed by atoms with Crippen LogP contribution >= 0.6 is 24.8 Å². The van der Waals surface area contributed by atoms with Crippen molar-refractivity contribution in [3.05, 3.63) is 54.4 Å². The quantitative estimate of drug-likeness (QED) is 0.848. The van der Waals surface area contributed by atoms with Gasteiger partial charge in [0.15, 0.2) is 0 Å². The number of ether oxygens (including phenoxy) is 1. The number of hydrogen-bond acceptors (Lipinski definition) is 4. The molecule has 0 bridgehead atoms. The molecule has 136 valence electrons. The van der Waals surface area contributed by atoms with Gasteiger partial charge in [-0.05, 0) is 37.1 Å². The first-order valence-electron chi connectivity index (χ1n) is 7.93. The third kappa shape index (κ3) is 5.88. The van der Waals surface area contributed by atoms with Crippen molar-refractivity contribution in [3.63, 3.8) is 0 Å². The van der Waals surface area contributed by atoms with Crippen LogP contribution in [0.4, 0.5) is 0 Å². The fourth-order valence-electron chi connectivity index (χ4n) is 2.65. The van der Waals surface area contributed by atoms with Crippen LogP contribution in [0.3, 0.4) is 0 Å². The van der Waals surface area contributed by atoms with Crippen LogP contribution in [-0.2, 0) is 0 Å². The SMILES string of the molecule is CC1CCNCC1NC(=O)c1cc(Oc2ccccc2)ccn1.Cl.Cl. The number of carbonyl (C=O) groups is 1. The maximum absolute atomic E-state index is 12.4. The van der Waals surface area contributed by atoms with Crippen molar-refractivity contribution in [2.24, 2.45) is 5.92 Å². The number of para-hydroxylation sites is 1. The monoisotopic (exact) mass is 383 g/mol. The number of aromatic nitrogens is 1. The zero-order chi connectivity index (χ0) is 16.1. The molecule has 2 N–H and O–H groups in total. The van der Waals surface area contributed by atoms with E-state index in [1.165, 1.54) is 0 Å². The molecule has 0 aliphatic carbocycles. The number of hydrogen-bond donors (Lipinski definition) is 2. The van der Waals surface area contributed by atoms with Gasteiger partial charge in [0.2, 0.25) is 0 Å². The van der Waals surface area contributed by atoms with Crippen LogP contribution in [-0.4, -0.2) is 30.0 Å². The van der Waals surface area contributed by atoms with Crippen LogP contribution in [0.5, 0.6) is 11.5 Å². The number of nitrogens with zero attached hydrogens (tertiary/aromatic N) is 1.